The van der Waals surface area contributed by atoms with Gasteiger partial charge in [0.2, 0.25) is 0 Å². The van der Waals surface area contributed by atoms with Crippen molar-refractivity contribution in [3.63, 3.8) is 0 Å². The number of hydrogen-bond donors (Lipinski definition) is 3. The first-order valence-electron chi connectivity index (χ1n) is 18.0. The molecule has 0 aliphatic carbocycles. The summed E-state index contributed by atoms with van der Waals surface area (Å²) in [5, 5.41) is 10.1. The highest BCUT2D eigenvalue weighted by Gasteiger charge is 2.22. The predicted octanol–water partition coefficient (Wildman–Crippen LogP) is 9.48. The third kappa shape index (κ3) is 36.3. The van der Waals surface area contributed by atoms with Crippen molar-refractivity contribution in [3.8, 4) is 0 Å². The fraction of sp³-hybridized carbons (Fsp3) is 0.590. The smallest absolute Gasteiger partial charge is 0.462 e. The van der Waals surface area contributed by atoms with Crippen molar-refractivity contribution in [1.29, 1.82) is 0 Å². The summed E-state index contributed by atoms with van der Waals surface area (Å²) >= 11 is 0. The molecule has 0 heterocycles. The topological polar surface area (TPSA) is 140 Å². The number of ether oxygens (including phenoxy) is 2. The van der Waals surface area contributed by atoms with Gasteiger partial charge in [-0.1, -0.05) is 131 Å². The highest BCUT2D eigenvalue weighted by molar-refractivity contribution is 7.46. The van der Waals surface area contributed by atoms with E-state index in [1.54, 1.807) is 24.3 Å². The van der Waals surface area contributed by atoms with Crippen LogP contribution in [0.15, 0.2) is 85.1 Å². The van der Waals surface area contributed by atoms with Crippen LogP contribution in [0.1, 0.15) is 123 Å². The van der Waals surface area contributed by atoms with Crippen LogP contribution in [0.2, 0.25) is 0 Å². The lowest BCUT2D eigenvalue weighted by Crippen LogP contribution is -2.29. The van der Waals surface area contributed by atoms with E-state index >= 15 is 0 Å². The molecule has 9 nitrogen and oxygen atoms in total. The van der Waals surface area contributed by atoms with E-state index in [0.717, 1.165) is 64.2 Å². The Bertz CT molecular complexity index is 1080. The first-order chi connectivity index (χ1) is 23.7. The number of esters is 2. The molecule has 0 aliphatic heterocycles. The van der Waals surface area contributed by atoms with E-state index in [4.69, 9.17) is 19.3 Å². The second-order valence-corrected chi connectivity index (χ2v) is 12.9. The lowest BCUT2D eigenvalue weighted by atomic mass is 10.1. The Balaban J connectivity index is 4.28. The Labute approximate surface area is 295 Å². The average Bonchev–Trinajstić information content (AvgIpc) is 3.06. The van der Waals surface area contributed by atoms with Crippen molar-refractivity contribution in [2.45, 2.75) is 135 Å². The molecule has 0 aromatic rings. The van der Waals surface area contributed by atoms with Crippen molar-refractivity contribution < 1.29 is 43.0 Å². The quantitative estimate of drug-likeness (QED) is 0.0211. The van der Waals surface area contributed by atoms with Gasteiger partial charge in [-0.15, -0.1) is 0 Å². The normalized spacial score (nSPS) is 14.1. The number of carbonyl (C=O) groups excluding carboxylic acids is 2. The van der Waals surface area contributed by atoms with Gasteiger partial charge in [-0.05, 0) is 64.2 Å². The Morgan fingerprint density at radius 3 is 1.94 bits per heavy atom. The standard InChI is InChI=1S/C39H63O9P/c1-3-5-7-9-11-13-15-16-18-19-21-23-26-30-36(40)31-27-25-29-33-39(42)48-37(35-47-49(43,44)45)34-46-38(41)32-28-24-22-20-17-14-12-10-8-6-4-2/h5,7,10-13,16,18,21,23,25-27,30,36-37,40H,3-4,6,8-9,14-15,17,19-20,22,24,28-29,31-35H2,1-2H3,(H2,43,44,45)/b7-5-,12-10-,13-11-,18-16-,23-21-,27-25-,30-26-/t36?,37-/m1/s1. The molecule has 0 aromatic heterocycles. The van der Waals surface area contributed by atoms with Crippen molar-refractivity contribution >= 4 is 19.8 Å². The number of hydrogen-bond acceptors (Lipinski definition) is 7. The summed E-state index contributed by atoms with van der Waals surface area (Å²) in [5.74, 6) is -1.09. The number of carbonyl (C=O) groups is 2. The number of aliphatic hydroxyl groups is 1. The minimum absolute atomic E-state index is 0.000719. The van der Waals surface area contributed by atoms with E-state index in [1.807, 2.05) is 12.2 Å². The summed E-state index contributed by atoms with van der Waals surface area (Å²) in [6.07, 6.45) is 40.6. The van der Waals surface area contributed by atoms with Gasteiger partial charge in [0.1, 0.15) is 6.61 Å². The van der Waals surface area contributed by atoms with Crippen molar-refractivity contribution in [3.05, 3.63) is 85.1 Å². The molecule has 10 heteroatoms. The highest BCUT2D eigenvalue weighted by Crippen LogP contribution is 2.35. The molecule has 1 unspecified atom stereocenters. The summed E-state index contributed by atoms with van der Waals surface area (Å²) in [6.45, 7) is 3.34. The van der Waals surface area contributed by atoms with Gasteiger partial charge < -0.3 is 24.4 Å². The molecule has 0 radical (unpaired) electrons. The number of allylic oxidation sites excluding steroid dienone is 12. The molecule has 0 aliphatic rings. The van der Waals surface area contributed by atoms with Crippen LogP contribution >= 0.6 is 7.82 Å². The SMILES string of the molecule is CC/C=C\C/C=C\C/C=C\C/C=C\C=C/C(O)C/C=C\CCC(=O)O[C@H](COC(=O)CCCCCCC/C=C\CCCC)COP(=O)(O)O. The maximum atomic E-state index is 12.3. The van der Waals surface area contributed by atoms with Crippen molar-refractivity contribution in [2.75, 3.05) is 13.2 Å². The van der Waals surface area contributed by atoms with Gasteiger partial charge in [0.25, 0.3) is 0 Å². The maximum absolute atomic E-state index is 12.3. The van der Waals surface area contributed by atoms with Gasteiger partial charge in [0.15, 0.2) is 6.10 Å². The van der Waals surface area contributed by atoms with E-state index in [-0.39, 0.29) is 19.4 Å². The molecule has 3 N–H and O–H groups in total. The van der Waals surface area contributed by atoms with Crippen LogP contribution in [-0.2, 0) is 28.2 Å². The molecule has 49 heavy (non-hydrogen) atoms. The molecule has 0 fully saturated rings. The van der Waals surface area contributed by atoms with Crippen LogP contribution in [0, 0.1) is 0 Å². The van der Waals surface area contributed by atoms with Gasteiger partial charge in [0.05, 0.1) is 12.7 Å². The first-order valence-corrected chi connectivity index (χ1v) is 19.5. The van der Waals surface area contributed by atoms with E-state index in [2.05, 4.69) is 67.0 Å². The molecule has 0 bridgehead atoms. The molecular weight excluding hydrogens is 643 g/mol. The molecule has 0 saturated carbocycles. The largest absolute Gasteiger partial charge is 0.469 e. The van der Waals surface area contributed by atoms with Crippen LogP contribution in [-0.4, -0.2) is 52.3 Å². The molecule has 0 aromatic carbocycles. The predicted molar refractivity (Wildman–Crippen MR) is 199 cm³/mol. The van der Waals surface area contributed by atoms with Crippen molar-refractivity contribution in [1.82, 2.24) is 0 Å². The fourth-order valence-corrected chi connectivity index (χ4v) is 4.65. The zero-order chi connectivity index (χ0) is 36.3. The summed E-state index contributed by atoms with van der Waals surface area (Å²) in [5.41, 5.74) is 0. The molecule has 0 amide bonds. The van der Waals surface area contributed by atoms with Gasteiger partial charge in [-0.25, -0.2) is 4.57 Å². The van der Waals surface area contributed by atoms with E-state index in [9.17, 15) is 19.3 Å². The monoisotopic (exact) mass is 706 g/mol. The Kier molecular flexibility index (Phi) is 31.7. The number of phosphoric ester groups is 1. The average molecular weight is 707 g/mol. The number of unbranched alkanes of at least 4 members (excludes halogenated alkanes) is 7. The third-order valence-corrected chi connectivity index (χ3v) is 7.48. The van der Waals surface area contributed by atoms with Crippen LogP contribution in [0.4, 0.5) is 0 Å². The molecule has 0 spiro atoms. The third-order valence-electron chi connectivity index (χ3n) is 6.99. The zero-order valence-corrected chi connectivity index (χ0v) is 30.8. The minimum atomic E-state index is -4.80. The van der Waals surface area contributed by atoms with Gasteiger partial charge in [-0.3, -0.25) is 14.1 Å². The van der Waals surface area contributed by atoms with E-state index in [1.165, 1.54) is 12.8 Å². The van der Waals surface area contributed by atoms with E-state index < -0.39 is 38.6 Å². The fourth-order valence-electron chi connectivity index (χ4n) is 4.29. The van der Waals surface area contributed by atoms with Gasteiger partial charge in [0, 0.05) is 12.8 Å². The first kappa shape index (κ1) is 46.2. The van der Waals surface area contributed by atoms with Crippen molar-refractivity contribution in [2.24, 2.45) is 0 Å². The molecule has 0 rings (SSSR count). The minimum Gasteiger partial charge on any atom is -0.462 e. The van der Waals surface area contributed by atoms with E-state index in [0.29, 0.717) is 19.3 Å². The Morgan fingerprint density at radius 1 is 0.653 bits per heavy atom. The summed E-state index contributed by atoms with van der Waals surface area (Å²) in [4.78, 5) is 42.6. The molecular formula is C39H63O9P. The summed E-state index contributed by atoms with van der Waals surface area (Å²) < 4.78 is 26.1. The van der Waals surface area contributed by atoms with Crippen LogP contribution < -0.4 is 0 Å². The number of rotatable bonds is 31. The second kappa shape index (κ2) is 33.7. The van der Waals surface area contributed by atoms with Crippen LogP contribution in [0.25, 0.3) is 0 Å². The number of phosphoric acid groups is 1. The summed E-state index contributed by atoms with van der Waals surface area (Å²) in [6, 6.07) is 0. The maximum Gasteiger partial charge on any atom is 0.469 e. The zero-order valence-electron chi connectivity index (χ0n) is 29.9. The lowest BCUT2D eigenvalue weighted by Gasteiger charge is -2.18. The molecule has 2 atom stereocenters. The van der Waals surface area contributed by atoms with Gasteiger partial charge in [-0.2, -0.15) is 0 Å². The summed E-state index contributed by atoms with van der Waals surface area (Å²) in [7, 11) is -4.80. The molecule has 0 saturated heterocycles. The number of aliphatic hydroxyl groups excluding tert-OH is 1. The van der Waals surface area contributed by atoms with Crippen LogP contribution in [0.3, 0.4) is 0 Å². The van der Waals surface area contributed by atoms with Crippen LogP contribution in [0.5, 0.6) is 0 Å². The lowest BCUT2D eigenvalue weighted by molar-refractivity contribution is -0.161. The second-order valence-electron chi connectivity index (χ2n) is 11.7. The Morgan fingerprint density at radius 2 is 1.27 bits per heavy atom. The molecule has 278 valence electrons. The van der Waals surface area contributed by atoms with Gasteiger partial charge >= 0.3 is 19.8 Å². The highest BCUT2D eigenvalue weighted by atomic mass is 31.2. The Hall–Kier alpha value is -2.81.